The molecular weight excluding hydrogens is 334 g/mol. The number of carbonyl (C=O) groups excluding carboxylic acids is 1. The van der Waals surface area contributed by atoms with E-state index in [1.165, 1.54) is 5.56 Å². The van der Waals surface area contributed by atoms with E-state index in [1.54, 1.807) is 12.4 Å². The zero-order chi connectivity index (χ0) is 17.4. The number of hydrogen-bond donors (Lipinski definition) is 0. The number of rotatable bonds is 2. The number of piperidine rings is 1. The average Bonchev–Trinajstić information content (AvgIpc) is 2.96. The van der Waals surface area contributed by atoms with Gasteiger partial charge in [0.05, 0.1) is 5.56 Å². The zero-order valence-electron chi connectivity index (χ0n) is 14.4. The molecule has 1 fully saturated rings. The highest BCUT2D eigenvalue weighted by atomic mass is 35.5. The Hall–Kier alpha value is -1.91. The van der Waals surface area contributed by atoms with E-state index < -0.39 is 0 Å². The van der Waals surface area contributed by atoms with E-state index in [0.29, 0.717) is 5.56 Å². The van der Waals surface area contributed by atoms with Gasteiger partial charge in [-0.15, -0.1) is 0 Å². The topological polar surface area (TPSA) is 36.4 Å². The normalized spacial score (nSPS) is 19.2. The van der Waals surface area contributed by atoms with Gasteiger partial charge in [0.2, 0.25) is 0 Å². The predicted molar refractivity (Wildman–Crippen MR) is 100 cm³/mol. The van der Waals surface area contributed by atoms with E-state index in [2.05, 4.69) is 22.9 Å². The van der Waals surface area contributed by atoms with Crippen molar-refractivity contribution in [2.75, 3.05) is 31.1 Å². The van der Waals surface area contributed by atoms with Crippen molar-refractivity contribution < 1.29 is 4.79 Å². The molecule has 2 aliphatic rings. The summed E-state index contributed by atoms with van der Waals surface area (Å²) in [6, 6.07) is 9.57. The molecule has 0 bridgehead atoms. The van der Waals surface area contributed by atoms with Gasteiger partial charge in [0.15, 0.2) is 0 Å². The lowest BCUT2D eigenvalue weighted by Gasteiger charge is -2.39. The van der Waals surface area contributed by atoms with Crippen LogP contribution in [0.25, 0.3) is 0 Å². The van der Waals surface area contributed by atoms with Gasteiger partial charge >= 0.3 is 0 Å². The summed E-state index contributed by atoms with van der Waals surface area (Å²) < 4.78 is 0. The Kier molecular flexibility index (Phi) is 4.26. The van der Waals surface area contributed by atoms with Crippen LogP contribution in [0.3, 0.4) is 0 Å². The lowest BCUT2D eigenvalue weighted by atomic mass is 9.74. The molecule has 0 saturated carbocycles. The Labute approximate surface area is 153 Å². The van der Waals surface area contributed by atoms with E-state index in [1.807, 2.05) is 29.2 Å². The minimum absolute atomic E-state index is 0.0176. The van der Waals surface area contributed by atoms with Gasteiger partial charge in [-0.1, -0.05) is 18.5 Å². The van der Waals surface area contributed by atoms with Crippen molar-refractivity contribution in [2.24, 2.45) is 0 Å². The largest absolute Gasteiger partial charge is 0.307 e. The maximum atomic E-state index is 13.1. The molecule has 3 heterocycles. The fourth-order valence-corrected chi connectivity index (χ4v) is 4.36. The number of hydrogen-bond acceptors (Lipinski definition) is 3. The highest BCUT2D eigenvalue weighted by molar-refractivity contribution is 6.30. The number of benzene rings is 1. The predicted octanol–water partition coefficient (Wildman–Crippen LogP) is 3.75. The quantitative estimate of drug-likeness (QED) is 0.823. The summed E-state index contributed by atoms with van der Waals surface area (Å²) in [4.78, 5) is 21.6. The van der Waals surface area contributed by atoms with Gasteiger partial charge < -0.3 is 9.80 Å². The maximum absolute atomic E-state index is 13.1. The molecule has 25 heavy (non-hydrogen) atoms. The summed E-state index contributed by atoms with van der Waals surface area (Å²) >= 11 is 6.30. The SMILES string of the molecule is CCN1CCC2(CC1)CN(C(=O)c1cccnc1)c1ccc(Cl)cc12. The summed E-state index contributed by atoms with van der Waals surface area (Å²) in [5, 5.41) is 0.742. The highest BCUT2D eigenvalue weighted by Crippen LogP contribution is 2.48. The third-order valence-corrected chi connectivity index (χ3v) is 5.93. The van der Waals surface area contributed by atoms with Gasteiger partial charge in [0.25, 0.3) is 5.91 Å². The number of anilines is 1. The van der Waals surface area contributed by atoms with E-state index in [9.17, 15) is 4.79 Å². The van der Waals surface area contributed by atoms with Crippen LogP contribution in [-0.2, 0) is 5.41 Å². The minimum Gasteiger partial charge on any atom is -0.307 e. The standard InChI is InChI=1S/C20H22ClN3O/c1-2-23-10-7-20(8-11-23)14-24(18-6-5-16(21)12-17(18)20)19(25)15-4-3-9-22-13-15/h3-6,9,12-13H,2,7-8,10-11,14H2,1H3. The molecule has 1 amide bonds. The Morgan fingerprint density at radius 2 is 2.08 bits per heavy atom. The number of nitrogens with zero attached hydrogens (tertiary/aromatic N) is 3. The second-order valence-electron chi connectivity index (χ2n) is 7.01. The van der Waals surface area contributed by atoms with Gasteiger partial charge in [-0.05, 0) is 68.4 Å². The minimum atomic E-state index is 0.0176. The molecule has 0 aliphatic carbocycles. The molecule has 1 aromatic heterocycles. The van der Waals surface area contributed by atoms with Crippen LogP contribution in [0.1, 0.15) is 35.7 Å². The fourth-order valence-electron chi connectivity index (χ4n) is 4.19. The summed E-state index contributed by atoms with van der Waals surface area (Å²) in [5.41, 5.74) is 2.88. The summed E-state index contributed by atoms with van der Waals surface area (Å²) in [5.74, 6) is 0.0199. The van der Waals surface area contributed by atoms with Gasteiger partial charge in [0.1, 0.15) is 0 Å². The van der Waals surface area contributed by atoms with Crippen LogP contribution in [0.15, 0.2) is 42.7 Å². The van der Waals surface area contributed by atoms with Gasteiger partial charge in [-0.3, -0.25) is 9.78 Å². The van der Waals surface area contributed by atoms with Crippen molar-refractivity contribution in [3.05, 3.63) is 58.9 Å². The number of amides is 1. The molecule has 130 valence electrons. The van der Waals surface area contributed by atoms with Crippen molar-refractivity contribution in [1.29, 1.82) is 0 Å². The van der Waals surface area contributed by atoms with E-state index in [-0.39, 0.29) is 11.3 Å². The lowest BCUT2D eigenvalue weighted by molar-refractivity contribution is 0.0976. The highest BCUT2D eigenvalue weighted by Gasteiger charge is 2.46. The first-order chi connectivity index (χ1) is 12.1. The molecule has 4 rings (SSSR count). The Morgan fingerprint density at radius 1 is 1.28 bits per heavy atom. The fraction of sp³-hybridized carbons (Fsp3) is 0.400. The van der Waals surface area contributed by atoms with Crippen LogP contribution in [0.2, 0.25) is 5.02 Å². The lowest BCUT2D eigenvalue weighted by Crippen LogP contribution is -2.46. The molecule has 1 saturated heterocycles. The molecular formula is C20H22ClN3O. The zero-order valence-corrected chi connectivity index (χ0v) is 15.2. The van der Waals surface area contributed by atoms with Crippen molar-refractivity contribution in [3.63, 3.8) is 0 Å². The van der Waals surface area contributed by atoms with Gasteiger partial charge in [-0.2, -0.15) is 0 Å². The maximum Gasteiger partial charge on any atom is 0.259 e. The Morgan fingerprint density at radius 3 is 2.76 bits per heavy atom. The van der Waals surface area contributed by atoms with Crippen LogP contribution < -0.4 is 4.90 Å². The molecule has 2 aliphatic heterocycles. The van der Waals surface area contributed by atoms with Crippen LogP contribution in [0, 0.1) is 0 Å². The molecule has 1 aromatic carbocycles. The molecule has 0 unspecified atom stereocenters. The van der Waals surface area contributed by atoms with Crippen molar-refractivity contribution >= 4 is 23.2 Å². The molecule has 0 radical (unpaired) electrons. The monoisotopic (exact) mass is 355 g/mol. The second-order valence-corrected chi connectivity index (χ2v) is 7.45. The third-order valence-electron chi connectivity index (χ3n) is 5.70. The van der Waals surface area contributed by atoms with Crippen molar-refractivity contribution in [3.8, 4) is 0 Å². The first-order valence-electron chi connectivity index (χ1n) is 8.87. The average molecular weight is 356 g/mol. The molecule has 0 N–H and O–H groups in total. The molecule has 1 spiro atoms. The number of aromatic nitrogens is 1. The Bertz CT molecular complexity index is 785. The number of halogens is 1. The van der Waals surface area contributed by atoms with Crippen LogP contribution >= 0.6 is 11.6 Å². The van der Waals surface area contributed by atoms with E-state index >= 15 is 0 Å². The van der Waals surface area contributed by atoms with E-state index in [0.717, 1.165) is 49.7 Å². The summed E-state index contributed by atoms with van der Waals surface area (Å²) in [6.45, 7) is 6.15. The van der Waals surface area contributed by atoms with Gasteiger partial charge in [-0.25, -0.2) is 0 Å². The number of fused-ring (bicyclic) bond motifs is 2. The van der Waals surface area contributed by atoms with Gasteiger partial charge in [0, 0.05) is 35.1 Å². The van der Waals surface area contributed by atoms with Crippen molar-refractivity contribution in [2.45, 2.75) is 25.2 Å². The molecule has 5 heteroatoms. The number of likely N-dealkylation sites (tertiary alicyclic amines) is 1. The third kappa shape index (κ3) is 2.83. The van der Waals surface area contributed by atoms with Crippen LogP contribution in [0.4, 0.5) is 5.69 Å². The second kappa shape index (κ2) is 6.43. The number of pyridine rings is 1. The molecule has 0 atom stereocenters. The summed E-state index contributed by atoms with van der Waals surface area (Å²) in [7, 11) is 0. The Balaban J connectivity index is 1.71. The first-order valence-corrected chi connectivity index (χ1v) is 9.25. The smallest absolute Gasteiger partial charge is 0.259 e. The van der Waals surface area contributed by atoms with Crippen LogP contribution in [0.5, 0.6) is 0 Å². The molecule has 4 nitrogen and oxygen atoms in total. The van der Waals surface area contributed by atoms with E-state index in [4.69, 9.17) is 11.6 Å². The molecule has 2 aromatic rings. The van der Waals surface area contributed by atoms with Crippen molar-refractivity contribution in [1.82, 2.24) is 9.88 Å². The van der Waals surface area contributed by atoms with Crippen LogP contribution in [-0.4, -0.2) is 42.0 Å². The number of carbonyl (C=O) groups is 1. The summed E-state index contributed by atoms with van der Waals surface area (Å²) in [6.07, 6.45) is 5.45. The first kappa shape index (κ1) is 16.6.